The van der Waals surface area contributed by atoms with Crippen LogP contribution >= 0.6 is 0 Å². The largest absolute Gasteiger partial charge is 0.493 e. The van der Waals surface area contributed by atoms with Gasteiger partial charge in [0.25, 0.3) is 0 Å². The van der Waals surface area contributed by atoms with E-state index in [9.17, 15) is 0 Å². The van der Waals surface area contributed by atoms with Crippen molar-refractivity contribution in [3.8, 4) is 11.5 Å². The molecular weight excluding hydrogens is 238 g/mol. The second-order valence-electron chi connectivity index (χ2n) is 4.82. The lowest BCUT2D eigenvalue weighted by atomic mass is 10.1. The molecule has 0 unspecified atom stereocenters. The van der Waals surface area contributed by atoms with Gasteiger partial charge in [-0.25, -0.2) is 0 Å². The van der Waals surface area contributed by atoms with E-state index in [0.717, 1.165) is 30.2 Å². The van der Waals surface area contributed by atoms with Gasteiger partial charge in [0.05, 0.1) is 13.2 Å². The molecule has 0 amide bonds. The maximum absolute atomic E-state index is 5.88. The van der Waals surface area contributed by atoms with Gasteiger partial charge < -0.3 is 14.8 Å². The average molecular weight is 263 g/mol. The molecule has 0 spiro atoms. The third kappa shape index (κ3) is 4.95. The normalized spacial score (nSPS) is 11.8. The van der Waals surface area contributed by atoms with Gasteiger partial charge in [0.1, 0.15) is 0 Å². The molecule has 0 aliphatic carbocycles. The van der Waals surface area contributed by atoms with Gasteiger partial charge in [0.2, 0.25) is 0 Å². The van der Waals surface area contributed by atoms with Crippen LogP contribution in [0.5, 0.6) is 11.5 Å². The summed E-state index contributed by atoms with van der Waals surface area (Å²) in [7, 11) is 1.67. The van der Waals surface area contributed by atoms with Crippen molar-refractivity contribution in [1.82, 2.24) is 5.32 Å². The van der Waals surface area contributed by atoms with E-state index in [4.69, 9.17) is 9.47 Å². The lowest BCUT2D eigenvalue weighted by Crippen LogP contribution is -2.14. The van der Waals surface area contributed by atoms with Crippen molar-refractivity contribution in [2.24, 2.45) is 0 Å². The Balaban J connectivity index is 3.04. The smallest absolute Gasteiger partial charge is 0.168 e. The zero-order valence-electron chi connectivity index (χ0n) is 12.6. The van der Waals surface area contributed by atoms with Crippen molar-refractivity contribution in [1.29, 1.82) is 0 Å². The molecule has 1 aromatic rings. The summed E-state index contributed by atoms with van der Waals surface area (Å²) in [4.78, 5) is 0. The number of likely N-dealkylation sites (N-methyl/N-ethyl adjacent to an activating group) is 1. The molecule has 1 rings (SSSR count). The first-order valence-corrected chi connectivity index (χ1v) is 6.80. The summed E-state index contributed by atoms with van der Waals surface area (Å²) in [6.45, 7) is 10.1. The van der Waals surface area contributed by atoms with Crippen molar-refractivity contribution in [3.05, 3.63) is 29.3 Å². The lowest BCUT2D eigenvalue weighted by molar-refractivity contribution is 0.229. The molecule has 0 aliphatic heterocycles. The van der Waals surface area contributed by atoms with Crippen LogP contribution in [-0.4, -0.2) is 26.3 Å². The van der Waals surface area contributed by atoms with Crippen LogP contribution in [0.25, 0.3) is 6.08 Å². The number of ether oxygens (including phenoxy) is 2. The number of methoxy groups -OCH3 is 1. The molecule has 0 saturated carbocycles. The number of hydrogen-bond donors (Lipinski definition) is 1. The zero-order chi connectivity index (χ0) is 14.3. The molecule has 106 valence electrons. The highest BCUT2D eigenvalue weighted by Crippen LogP contribution is 2.33. The summed E-state index contributed by atoms with van der Waals surface area (Å²) in [5.74, 6) is 1.59. The van der Waals surface area contributed by atoms with Crippen LogP contribution in [0.3, 0.4) is 0 Å². The first kappa shape index (κ1) is 15.6. The average Bonchev–Trinajstić information content (AvgIpc) is 2.37. The molecule has 0 radical (unpaired) electrons. The van der Waals surface area contributed by atoms with E-state index in [1.165, 1.54) is 5.57 Å². The summed E-state index contributed by atoms with van der Waals surface area (Å²) in [5, 5.41) is 3.32. The van der Waals surface area contributed by atoms with E-state index in [1.807, 2.05) is 26.0 Å². The Kier molecular flexibility index (Phi) is 6.43. The van der Waals surface area contributed by atoms with Crippen LogP contribution in [0.2, 0.25) is 0 Å². The quantitative estimate of drug-likeness (QED) is 0.816. The molecule has 0 bridgehead atoms. The Hall–Kier alpha value is -1.48. The molecule has 3 nitrogen and oxygen atoms in total. The van der Waals surface area contributed by atoms with Crippen molar-refractivity contribution in [3.63, 3.8) is 0 Å². The predicted octanol–water partition coefficient (Wildman–Crippen LogP) is 3.50. The first-order valence-electron chi connectivity index (χ1n) is 6.80. The molecule has 1 N–H and O–H groups in total. The molecule has 3 heteroatoms. The molecule has 0 saturated heterocycles. The van der Waals surface area contributed by atoms with Gasteiger partial charge in [0, 0.05) is 12.1 Å². The topological polar surface area (TPSA) is 30.5 Å². The summed E-state index contributed by atoms with van der Waals surface area (Å²) in [6, 6.07) is 5.96. The standard InChI is InChI=1S/C16H25NO2/c1-6-17-11-13(4)10-14-8-7-9-15(18-5)16(14)19-12(2)3/h7-10,12,17H,6,11H2,1-5H3. The number of benzene rings is 1. The van der Waals surface area contributed by atoms with Crippen LogP contribution in [-0.2, 0) is 0 Å². The van der Waals surface area contributed by atoms with Crippen molar-refractivity contribution in [2.45, 2.75) is 33.8 Å². The van der Waals surface area contributed by atoms with Gasteiger partial charge in [-0.15, -0.1) is 0 Å². The minimum absolute atomic E-state index is 0.123. The highest BCUT2D eigenvalue weighted by Gasteiger charge is 2.10. The number of rotatable bonds is 7. The summed E-state index contributed by atoms with van der Waals surface area (Å²) in [6.07, 6.45) is 2.26. The minimum atomic E-state index is 0.123. The highest BCUT2D eigenvalue weighted by molar-refractivity contribution is 5.64. The Morgan fingerprint density at radius 2 is 2.11 bits per heavy atom. The van der Waals surface area contributed by atoms with Crippen molar-refractivity contribution < 1.29 is 9.47 Å². The molecule has 0 aromatic heterocycles. The van der Waals surface area contributed by atoms with Crippen LogP contribution < -0.4 is 14.8 Å². The third-order valence-corrected chi connectivity index (χ3v) is 2.64. The highest BCUT2D eigenvalue weighted by atomic mass is 16.5. The molecule has 0 atom stereocenters. The summed E-state index contributed by atoms with van der Waals surface area (Å²) < 4.78 is 11.3. The second-order valence-corrected chi connectivity index (χ2v) is 4.82. The fourth-order valence-electron chi connectivity index (χ4n) is 1.81. The SMILES string of the molecule is CCNCC(C)=Cc1cccc(OC)c1OC(C)C. The lowest BCUT2D eigenvalue weighted by Gasteiger charge is -2.16. The Bertz CT molecular complexity index is 425. The maximum atomic E-state index is 5.88. The van der Waals surface area contributed by atoms with Gasteiger partial charge in [-0.05, 0) is 33.4 Å². The van der Waals surface area contributed by atoms with E-state index in [0.29, 0.717) is 0 Å². The molecule has 0 fully saturated rings. The fraction of sp³-hybridized carbons (Fsp3) is 0.500. The van der Waals surface area contributed by atoms with Gasteiger partial charge in [-0.1, -0.05) is 30.7 Å². The van der Waals surface area contributed by atoms with Crippen LogP contribution in [0.4, 0.5) is 0 Å². The Morgan fingerprint density at radius 3 is 2.68 bits per heavy atom. The molecule has 0 aliphatic rings. The summed E-state index contributed by atoms with van der Waals surface area (Å²) in [5.41, 5.74) is 2.33. The van der Waals surface area contributed by atoms with Crippen molar-refractivity contribution >= 4 is 6.08 Å². The van der Waals surface area contributed by atoms with E-state index >= 15 is 0 Å². The number of hydrogen-bond acceptors (Lipinski definition) is 3. The van der Waals surface area contributed by atoms with Crippen LogP contribution in [0.1, 0.15) is 33.3 Å². The monoisotopic (exact) mass is 263 g/mol. The maximum Gasteiger partial charge on any atom is 0.168 e. The van der Waals surface area contributed by atoms with E-state index < -0.39 is 0 Å². The zero-order valence-corrected chi connectivity index (χ0v) is 12.6. The molecule has 19 heavy (non-hydrogen) atoms. The van der Waals surface area contributed by atoms with Gasteiger partial charge >= 0.3 is 0 Å². The van der Waals surface area contributed by atoms with Crippen molar-refractivity contribution in [2.75, 3.05) is 20.2 Å². The van der Waals surface area contributed by atoms with Crippen LogP contribution in [0, 0.1) is 0 Å². The Morgan fingerprint density at radius 1 is 1.37 bits per heavy atom. The summed E-state index contributed by atoms with van der Waals surface area (Å²) >= 11 is 0. The minimum Gasteiger partial charge on any atom is -0.493 e. The first-order chi connectivity index (χ1) is 9.08. The van der Waals surface area contributed by atoms with Crippen LogP contribution in [0.15, 0.2) is 23.8 Å². The van der Waals surface area contributed by atoms with E-state index in [1.54, 1.807) is 7.11 Å². The van der Waals surface area contributed by atoms with E-state index in [-0.39, 0.29) is 6.10 Å². The fourth-order valence-corrected chi connectivity index (χ4v) is 1.81. The second kappa shape index (κ2) is 7.85. The number of para-hydroxylation sites is 1. The van der Waals surface area contributed by atoms with Gasteiger partial charge in [0.15, 0.2) is 11.5 Å². The number of nitrogens with one attached hydrogen (secondary N) is 1. The van der Waals surface area contributed by atoms with E-state index in [2.05, 4.69) is 31.3 Å². The van der Waals surface area contributed by atoms with Gasteiger partial charge in [-0.3, -0.25) is 0 Å². The predicted molar refractivity (Wildman–Crippen MR) is 81.0 cm³/mol. The molecule has 1 aromatic carbocycles. The molecular formula is C16H25NO2. The Labute approximate surface area is 116 Å². The van der Waals surface area contributed by atoms with Gasteiger partial charge in [-0.2, -0.15) is 0 Å². The molecule has 0 heterocycles. The third-order valence-electron chi connectivity index (χ3n) is 2.64.